The van der Waals surface area contributed by atoms with Gasteiger partial charge in [0.1, 0.15) is 0 Å². The number of carbonyl (C=O) groups excluding carboxylic acids is 1. The van der Waals surface area contributed by atoms with E-state index in [-0.39, 0.29) is 5.91 Å². The molecule has 2 nitrogen and oxygen atoms in total. The number of carbonyl (C=O) groups is 1. The van der Waals surface area contributed by atoms with E-state index >= 15 is 0 Å². The van der Waals surface area contributed by atoms with Gasteiger partial charge < -0.3 is 4.90 Å². The molecule has 104 valence electrons. The Hall–Kier alpha value is -0.670. The fourth-order valence-electron chi connectivity index (χ4n) is 2.21. The molecule has 1 aromatic rings. The van der Waals surface area contributed by atoms with E-state index in [1.807, 2.05) is 29.2 Å². The zero-order valence-corrected chi connectivity index (χ0v) is 12.8. The van der Waals surface area contributed by atoms with Crippen molar-refractivity contribution in [1.29, 1.82) is 0 Å². The van der Waals surface area contributed by atoms with Crippen molar-refractivity contribution in [2.75, 3.05) is 18.8 Å². The van der Waals surface area contributed by atoms with Crippen LogP contribution in [0.5, 0.6) is 0 Å². The number of rotatable bonds is 4. The predicted molar refractivity (Wildman–Crippen MR) is 82.6 cm³/mol. The first kappa shape index (κ1) is 14.7. The number of nitrogens with zero attached hydrogens (tertiary/aromatic N) is 1. The van der Waals surface area contributed by atoms with Gasteiger partial charge in [-0.2, -0.15) is 0 Å². The molecule has 0 bridgehead atoms. The van der Waals surface area contributed by atoms with Crippen LogP contribution in [0.2, 0.25) is 5.02 Å². The Morgan fingerprint density at radius 3 is 2.74 bits per heavy atom. The van der Waals surface area contributed by atoms with E-state index in [1.165, 1.54) is 0 Å². The summed E-state index contributed by atoms with van der Waals surface area (Å²) in [7, 11) is 0. The summed E-state index contributed by atoms with van der Waals surface area (Å²) in [6, 6.07) is 7.82. The highest BCUT2D eigenvalue weighted by molar-refractivity contribution is 7.99. The highest BCUT2D eigenvalue weighted by Gasteiger charge is 2.19. The van der Waals surface area contributed by atoms with E-state index in [1.54, 1.807) is 11.8 Å². The second-order valence-corrected chi connectivity index (χ2v) is 6.54. The van der Waals surface area contributed by atoms with Gasteiger partial charge in [-0.15, -0.1) is 11.8 Å². The van der Waals surface area contributed by atoms with Gasteiger partial charge in [0.15, 0.2) is 0 Å². The van der Waals surface area contributed by atoms with E-state index in [0.29, 0.717) is 5.75 Å². The van der Waals surface area contributed by atoms with Crippen molar-refractivity contribution in [1.82, 2.24) is 4.90 Å². The molecule has 1 aliphatic rings. The topological polar surface area (TPSA) is 20.3 Å². The molecule has 0 spiro atoms. The fraction of sp³-hybridized carbons (Fsp3) is 0.533. The first-order chi connectivity index (χ1) is 9.16. The van der Waals surface area contributed by atoms with Gasteiger partial charge in [-0.25, -0.2) is 0 Å². The van der Waals surface area contributed by atoms with Crippen LogP contribution in [0.15, 0.2) is 24.3 Å². The van der Waals surface area contributed by atoms with Gasteiger partial charge in [-0.3, -0.25) is 4.79 Å². The third-order valence-electron chi connectivity index (χ3n) is 3.58. The Morgan fingerprint density at radius 1 is 1.37 bits per heavy atom. The van der Waals surface area contributed by atoms with Gasteiger partial charge in [0.2, 0.25) is 5.91 Å². The lowest BCUT2D eigenvalue weighted by atomic mass is 9.99. The van der Waals surface area contributed by atoms with Gasteiger partial charge in [0.25, 0.3) is 0 Å². The summed E-state index contributed by atoms with van der Waals surface area (Å²) < 4.78 is 0. The molecule has 0 atom stereocenters. The summed E-state index contributed by atoms with van der Waals surface area (Å²) in [5.41, 5.74) is 1.11. The zero-order chi connectivity index (χ0) is 13.7. The highest BCUT2D eigenvalue weighted by atomic mass is 35.5. The fourth-order valence-corrected chi connectivity index (χ4v) is 3.43. The van der Waals surface area contributed by atoms with Gasteiger partial charge in [-0.05, 0) is 30.4 Å². The normalized spacial score (nSPS) is 16.6. The standard InChI is InChI=1S/C15H20ClNOS/c1-12-6-8-17(9-7-12)15(18)11-19-10-13-4-2-3-5-14(13)16/h2-5,12H,6-11H2,1H3. The minimum absolute atomic E-state index is 0.268. The Balaban J connectivity index is 1.74. The minimum Gasteiger partial charge on any atom is -0.342 e. The van der Waals surface area contributed by atoms with E-state index in [9.17, 15) is 4.79 Å². The Morgan fingerprint density at radius 2 is 2.05 bits per heavy atom. The van der Waals surface area contributed by atoms with Crippen LogP contribution in [0.3, 0.4) is 0 Å². The summed E-state index contributed by atoms with van der Waals surface area (Å²) in [6.45, 7) is 4.10. The Bertz CT molecular complexity index is 430. The Labute approximate surface area is 124 Å². The summed E-state index contributed by atoms with van der Waals surface area (Å²) in [5, 5.41) is 0.786. The number of hydrogen-bond donors (Lipinski definition) is 0. The number of benzene rings is 1. The van der Waals surface area contributed by atoms with Crippen LogP contribution in [0.4, 0.5) is 0 Å². The van der Waals surface area contributed by atoms with Gasteiger partial charge in [0, 0.05) is 23.9 Å². The number of hydrogen-bond acceptors (Lipinski definition) is 2. The first-order valence-electron chi connectivity index (χ1n) is 6.75. The van der Waals surface area contributed by atoms with Crippen LogP contribution in [-0.2, 0) is 10.5 Å². The highest BCUT2D eigenvalue weighted by Crippen LogP contribution is 2.22. The van der Waals surface area contributed by atoms with Crippen LogP contribution in [0, 0.1) is 5.92 Å². The van der Waals surface area contributed by atoms with E-state index in [2.05, 4.69) is 6.92 Å². The maximum absolute atomic E-state index is 12.1. The molecule has 1 saturated heterocycles. The van der Waals surface area contributed by atoms with Gasteiger partial charge in [-0.1, -0.05) is 36.7 Å². The number of thioether (sulfide) groups is 1. The molecule has 0 aliphatic carbocycles. The van der Waals surface area contributed by atoms with Crippen molar-refractivity contribution in [2.24, 2.45) is 5.92 Å². The smallest absolute Gasteiger partial charge is 0.232 e. The molecule has 4 heteroatoms. The summed E-state index contributed by atoms with van der Waals surface area (Å²) in [6.07, 6.45) is 2.28. The average molecular weight is 298 g/mol. The maximum atomic E-state index is 12.1. The molecular formula is C15H20ClNOS. The molecule has 1 aliphatic heterocycles. The maximum Gasteiger partial charge on any atom is 0.232 e. The monoisotopic (exact) mass is 297 g/mol. The number of amides is 1. The van der Waals surface area contributed by atoms with Crippen LogP contribution < -0.4 is 0 Å². The predicted octanol–water partition coefficient (Wildman–Crippen LogP) is 3.83. The number of piperidine rings is 1. The lowest BCUT2D eigenvalue weighted by Gasteiger charge is -2.30. The third kappa shape index (κ3) is 4.43. The van der Waals surface area contributed by atoms with Crippen LogP contribution in [0.25, 0.3) is 0 Å². The largest absolute Gasteiger partial charge is 0.342 e. The lowest BCUT2D eigenvalue weighted by Crippen LogP contribution is -2.38. The van der Waals surface area contributed by atoms with Crippen LogP contribution in [-0.4, -0.2) is 29.6 Å². The van der Waals surface area contributed by atoms with Crippen molar-refractivity contribution in [3.05, 3.63) is 34.9 Å². The Kier molecular flexibility index (Phi) is 5.59. The average Bonchev–Trinajstić information content (AvgIpc) is 2.41. The van der Waals surface area contributed by atoms with Crippen molar-refractivity contribution in [3.8, 4) is 0 Å². The molecule has 0 radical (unpaired) electrons. The van der Waals surface area contributed by atoms with Crippen molar-refractivity contribution < 1.29 is 4.79 Å². The number of likely N-dealkylation sites (tertiary alicyclic amines) is 1. The molecule has 1 fully saturated rings. The van der Waals surface area contributed by atoms with E-state index in [0.717, 1.165) is 48.2 Å². The second-order valence-electron chi connectivity index (χ2n) is 5.15. The minimum atomic E-state index is 0.268. The molecule has 2 rings (SSSR count). The molecule has 1 aromatic carbocycles. The summed E-state index contributed by atoms with van der Waals surface area (Å²) >= 11 is 7.74. The third-order valence-corrected chi connectivity index (χ3v) is 4.91. The van der Waals surface area contributed by atoms with Crippen molar-refractivity contribution in [3.63, 3.8) is 0 Å². The van der Waals surface area contributed by atoms with E-state index < -0.39 is 0 Å². The van der Waals surface area contributed by atoms with Gasteiger partial charge >= 0.3 is 0 Å². The van der Waals surface area contributed by atoms with Gasteiger partial charge in [0.05, 0.1) is 5.75 Å². The molecule has 0 aromatic heterocycles. The summed E-state index contributed by atoms with van der Waals surface area (Å²) in [4.78, 5) is 14.1. The zero-order valence-electron chi connectivity index (χ0n) is 11.3. The molecule has 19 heavy (non-hydrogen) atoms. The molecule has 0 N–H and O–H groups in total. The molecule has 0 unspecified atom stereocenters. The lowest BCUT2D eigenvalue weighted by molar-refractivity contribution is -0.129. The molecule has 1 amide bonds. The van der Waals surface area contributed by atoms with Crippen LogP contribution >= 0.6 is 23.4 Å². The first-order valence-corrected chi connectivity index (χ1v) is 8.29. The SMILES string of the molecule is CC1CCN(C(=O)CSCc2ccccc2Cl)CC1. The van der Waals surface area contributed by atoms with Crippen LogP contribution in [0.1, 0.15) is 25.3 Å². The molecule has 0 saturated carbocycles. The molecular weight excluding hydrogens is 278 g/mol. The quantitative estimate of drug-likeness (QED) is 0.842. The van der Waals surface area contributed by atoms with Crippen molar-refractivity contribution in [2.45, 2.75) is 25.5 Å². The van der Waals surface area contributed by atoms with E-state index in [4.69, 9.17) is 11.6 Å². The molecule has 1 heterocycles. The second kappa shape index (κ2) is 7.20. The number of halogens is 1. The summed E-state index contributed by atoms with van der Waals surface area (Å²) in [5.74, 6) is 2.39. The van der Waals surface area contributed by atoms with Crippen molar-refractivity contribution >= 4 is 29.3 Å².